The molecule has 4 heterocycles. The topological polar surface area (TPSA) is 80.6 Å². The minimum atomic E-state index is 0.506. The van der Waals surface area contributed by atoms with E-state index in [2.05, 4.69) is 51.4 Å². The quantitative estimate of drug-likeness (QED) is 0.463. The molecule has 0 radical (unpaired) electrons. The van der Waals surface area contributed by atoms with Crippen molar-refractivity contribution in [1.29, 1.82) is 5.26 Å². The largest absolute Gasteiger partial charge is 0.361 e. The lowest BCUT2D eigenvalue weighted by atomic mass is 10.0. The molecule has 2 N–H and O–H groups in total. The summed E-state index contributed by atoms with van der Waals surface area (Å²) in [6, 6.07) is 12.6. The lowest BCUT2D eigenvalue weighted by molar-refractivity contribution is 0.573. The number of benzene rings is 1. The van der Waals surface area contributed by atoms with Crippen LogP contribution < -0.4 is 10.2 Å². The van der Waals surface area contributed by atoms with Crippen LogP contribution in [-0.4, -0.2) is 28.0 Å². The third-order valence-electron chi connectivity index (χ3n) is 6.07. The molecule has 0 spiro atoms. The van der Waals surface area contributed by atoms with Crippen molar-refractivity contribution in [3.05, 3.63) is 66.2 Å². The molecule has 0 atom stereocenters. The van der Waals surface area contributed by atoms with E-state index in [0.717, 1.165) is 57.9 Å². The van der Waals surface area contributed by atoms with Gasteiger partial charge in [0.25, 0.3) is 0 Å². The summed E-state index contributed by atoms with van der Waals surface area (Å²) in [5.41, 5.74) is 6.25. The number of nitriles is 1. The third-order valence-corrected chi connectivity index (χ3v) is 6.07. The molecule has 154 valence electrons. The van der Waals surface area contributed by atoms with Crippen molar-refractivity contribution in [2.45, 2.75) is 26.2 Å². The molecule has 1 aliphatic rings. The second kappa shape index (κ2) is 8.11. The van der Waals surface area contributed by atoms with Gasteiger partial charge in [0.15, 0.2) is 0 Å². The monoisotopic (exact) mass is 408 g/mol. The molecule has 0 unspecified atom stereocenters. The van der Waals surface area contributed by atoms with Gasteiger partial charge in [-0.1, -0.05) is 0 Å². The van der Waals surface area contributed by atoms with Crippen molar-refractivity contribution >= 4 is 28.1 Å². The highest BCUT2D eigenvalue weighted by atomic mass is 15.2. The van der Waals surface area contributed by atoms with Gasteiger partial charge in [-0.05, 0) is 62.1 Å². The average molecular weight is 409 g/mol. The molecule has 0 aliphatic carbocycles. The molecular formula is C25H24N6. The molecule has 1 aromatic carbocycles. The standard InChI is InChI=1S/C25H24N6/c1-17-20-9-10-28-23(20)7-6-22(17)30-25-19(13-26)14-27-16-21(25)18-5-8-24(29-15-18)31-11-3-2-4-12-31/h5-10,14-16,28H,2-4,11-12H2,1H3,(H,27,30). The number of aromatic nitrogens is 3. The van der Waals surface area contributed by atoms with Gasteiger partial charge < -0.3 is 15.2 Å². The molecule has 6 nitrogen and oxygen atoms in total. The molecule has 6 heteroatoms. The van der Waals surface area contributed by atoms with Crippen molar-refractivity contribution < 1.29 is 0 Å². The number of pyridine rings is 2. The van der Waals surface area contributed by atoms with Crippen molar-refractivity contribution in [3.8, 4) is 17.2 Å². The second-order valence-electron chi connectivity index (χ2n) is 7.98. The van der Waals surface area contributed by atoms with Crippen LogP contribution in [0.15, 0.2) is 55.1 Å². The van der Waals surface area contributed by atoms with Crippen LogP contribution in [0.3, 0.4) is 0 Å². The number of piperidine rings is 1. The number of nitrogens with one attached hydrogen (secondary N) is 2. The zero-order valence-corrected chi connectivity index (χ0v) is 17.5. The normalized spacial score (nSPS) is 13.9. The highest BCUT2D eigenvalue weighted by Gasteiger charge is 2.16. The number of hydrogen-bond acceptors (Lipinski definition) is 5. The van der Waals surface area contributed by atoms with Crippen LogP contribution in [0.25, 0.3) is 22.0 Å². The second-order valence-corrected chi connectivity index (χ2v) is 7.98. The summed E-state index contributed by atoms with van der Waals surface area (Å²) in [7, 11) is 0. The fraction of sp³-hybridized carbons (Fsp3) is 0.240. The van der Waals surface area contributed by atoms with Crippen LogP contribution in [0.2, 0.25) is 0 Å². The first-order chi connectivity index (χ1) is 15.2. The molecule has 0 saturated carbocycles. The number of anilines is 3. The van der Waals surface area contributed by atoms with E-state index in [1.165, 1.54) is 19.3 Å². The first-order valence-corrected chi connectivity index (χ1v) is 10.7. The first-order valence-electron chi connectivity index (χ1n) is 10.7. The summed E-state index contributed by atoms with van der Waals surface area (Å²) in [4.78, 5) is 14.6. The molecule has 1 aliphatic heterocycles. The Hall–Kier alpha value is -3.85. The van der Waals surface area contributed by atoms with Gasteiger partial charge in [-0.3, -0.25) is 4.98 Å². The Kier molecular flexibility index (Phi) is 5.01. The van der Waals surface area contributed by atoms with E-state index in [4.69, 9.17) is 4.98 Å². The Morgan fingerprint density at radius 3 is 2.68 bits per heavy atom. The number of aryl methyl sites for hydroxylation is 1. The molecule has 4 aromatic rings. The van der Waals surface area contributed by atoms with E-state index in [1.54, 1.807) is 12.4 Å². The SMILES string of the molecule is Cc1c(Nc2c(C#N)cncc2-c2ccc(N3CCCCC3)nc2)ccc2[nH]ccc12. The van der Waals surface area contributed by atoms with E-state index >= 15 is 0 Å². The zero-order valence-electron chi connectivity index (χ0n) is 17.5. The number of hydrogen-bond donors (Lipinski definition) is 2. The molecule has 3 aromatic heterocycles. The minimum absolute atomic E-state index is 0.506. The lowest BCUT2D eigenvalue weighted by Crippen LogP contribution is -2.29. The third kappa shape index (κ3) is 3.59. The van der Waals surface area contributed by atoms with Gasteiger partial charge in [-0.2, -0.15) is 5.26 Å². The van der Waals surface area contributed by atoms with Crippen LogP contribution in [0, 0.1) is 18.3 Å². The summed E-state index contributed by atoms with van der Waals surface area (Å²) >= 11 is 0. The fourth-order valence-corrected chi connectivity index (χ4v) is 4.31. The van der Waals surface area contributed by atoms with Crippen LogP contribution in [0.1, 0.15) is 30.4 Å². The summed E-state index contributed by atoms with van der Waals surface area (Å²) in [6.07, 6.45) is 11.0. The number of nitrogens with zero attached hydrogens (tertiary/aromatic N) is 4. The molecule has 0 bridgehead atoms. The molecule has 0 amide bonds. The number of fused-ring (bicyclic) bond motifs is 1. The maximum absolute atomic E-state index is 9.73. The summed E-state index contributed by atoms with van der Waals surface area (Å²) in [6.45, 7) is 4.21. The molecule has 1 fully saturated rings. The predicted molar refractivity (Wildman–Crippen MR) is 125 cm³/mol. The summed E-state index contributed by atoms with van der Waals surface area (Å²) < 4.78 is 0. The van der Waals surface area contributed by atoms with Gasteiger partial charge in [0.1, 0.15) is 11.9 Å². The Bertz CT molecular complexity index is 1260. The number of H-pyrrole nitrogens is 1. The van der Waals surface area contributed by atoms with E-state index in [9.17, 15) is 5.26 Å². The fourth-order valence-electron chi connectivity index (χ4n) is 4.31. The maximum atomic E-state index is 9.73. The van der Waals surface area contributed by atoms with Crippen molar-refractivity contribution in [2.24, 2.45) is 0 Å². The van der Waals surface area contributed by atoms with Crippen LogP contribution in [-0.2, 0) is 0 Å². The maximum Gasteiger partial charge on any atom is 0.128 e. The smallest absolute Gasteiger partial charge is 0.128 e. The number of rotatable bonds is 4. The van der Waals surface area contributed by atoms with E-state index < -0.39 is 0 Å². The zero-order chi connectivity index (χ0) is 21.2. The van der Waals surface area contributed by atoms with E-state index in [1.807, 2.05) is 24.5 Å². The van der Waals surface area contributed by atoms with Crippen molar-refractivity contribution in [1.82, 2.24) is 15.0 Å². The van der Waals surface area contributed by atoms with Gasteiger partial charge in [0.2, 0.25) is 0 Å². The average Bonchev–Trinajstić information content (AvgIpc) is 3.31. The minimum Gasteiger partial charge on any atom is -0.361 e. The Morgan fingerprint density at radius 2 is 1.90 bits per heavy atom. The number of aromatic amines is 1. The van der Waals surface area contributed by atoms with Crippen LogP contribution in [0.4, 0.5) is 17.2 Å². The van der Waals surface area contributed by atoms with Crippen molar-refractivity contribution in [3.63, 3.8) is 0 Å². The Morgan fingerprint density at radius 1 is 1.03 bits per heavy atom. The van der Waals surface area contributed by atoms with E-state index in [-0.39, 0.29) is 0 Å². The Labute approximate surface area is 181 Å². The highest BCUT2D eigenvalue weighted by Crippen LogP contribution is 2.35. The highest BCUT2D eigenvalue weighted by molar-refractivity contribution is 5.91. The van der Waals surface area contributed by atoms with Gasteiger partial charge in [-0.25, -0.2) is 4.98 Å². The van der Waals surface area contributed by atoms with Gasteiger partial charge in [0, 0.05) is 65.6 Å². The van der Waals surface area contributed by atoms with Crippen molar-refractivity contribution in [2.75, 3.05) is 23.3 Å². The van der Waals surface area contributed by atoms with Crippen LogP contribution >= 0.6 is 0 Å². The molecule has 31 heavy (non-hydrogen) atoms. The summed E-state index contributed by atoms with van der Waals surface area (Å²) in [5, 5.41) is 14.4. The lowest BCUT2D eigenvalue weighted by Gasteiger charge is -2.27. The molecule has 1 saturated heterocycles. The first kappa shape index (κ1) is 19.1. The van der Waals surface area contributed by atoms with Gasteiger partial charge >= 0.3 is 0 Å². The summed E-state index contributed by atoms with van der Waals surface area (Å²) in [5.74, 6) is 1.01. The van der Waals surface area contributed by atoms with E-state index in [0.29, 0.717) is 5.56 Å². The predicted octanol–water partition coefficient (Wildman–Crippen LogP) is 5.54. The van der Waals surface area contributed by atoms with Gasteiger partial charge in [0.05, 0.1) is 11.3 Å². The molecule has 5 rings (SSSR count). The molecular weight excluding hydrogens is 384 g/mol. The van der Waals surface area contributed by atoms with Gasteiger partial charge in [-0.15, -0.1) is 0 Å². The van der Waals surface area contributed by atoms with Crippen LogP contribution in [0.5, 0.6) is 0 Å². The Balaban J connectivity index is 1.52.